The minimum atomic E-state index is -3.64. The van der Waals surface area contributed by atoms with Crippen LogP contribution < -0.4 is 10.1 Å². The van der Waals surface area contributed by atoms with E-state index in [1.54, 1.807) is 13.0 Å². The van der Waals surface area contributed by atoms with Crippen molar-refractivity contribution in [3.8, 4) is 5.75 Å². The first-order valence-corrected chi connectivity index (χ1v) is 9.53. The van der Waals surface area contributed by atoms with Gasteiger partial charge in [0.25, 0.3) is 5.91 Å². The summed E-state index contributed by atoms with van der Waals surface area (Å²) in [6.45, 7) is 2.44. The van der Waals surface area contributed by atoms with Gasteiger partial charge in [-0.15, -0.1) is 0 Å². The third-order valence-corrected chi connectivity index (χ3v) is 6.61. The first-order valence-electron chi connectivity index (χ1n) is 8.09. The first-order chi connectivity index (χ1) is 11.9. The van der Waals surface area contributed by atoms with E-state index in [1.165, 1.54) is 15.9 Å². The van der Waals surface area contributed by atoms with Gasteiger partial charge in [-0.05, 0) is 36.1 Å². The molecule has 0 atom stereocenters. The molecule has 7 heteroatoms. The Hall–Kier alpha value is -2.38. The maximum absolute atomic E-state index is 13.2. The number of anilines is 1. The van der Waals surface area contributed by atoms with Gasteiger partial charge in [0.1, 0.15) is 5.75 Å². The lowest BCUT2D eigenvalue weighted by Gasteiger charge is -2.29. The molecule has 2 aromatic rings. The van der Waals surface area contributed by atoms with Crippen molar-refractivity contribution >= 4 is 21.6 Å². The quantitative estimate of drug-likeness (QED) is 0.892. The summed E-state index contributed by atoms with van der Waals surface area (Å²) in [7, 11) is -3.64. The summed E-state index contributed by atoms with van der Waals surface area (Å²) in [5.41, 5.74) is 3.33. The molecule has 0 radical (unpaired) electrons. The standard InChI is InChI=1S/C18H18N2O4S/c1-12-8-15-16(24-11-18(21)19-15)9-17(12)25(22,23)20-7-6-13-4-2-3-5-14(13)10-20/h2-5,8-9H,6-7,10-11H2,1H3,(H,19,21). The predicted molar refractivity (Wildman–Crippen MR) is 93.0 cm³/mol. The van der Waals surface area contributed by atoms with Crippen LogP contribution in [0, 0.1) is 6.92 Å². The molecule has 2 aliphatic rings. The Labute approximate surface area is 146 Å². The summed E-state index contributed by atoms with van der Waals surface area (Å²) >= 11 is 0. The van der Waals surface area contributed by atoms with Crippen molar-refractivity contribution < 1.29 is 17.9 Å². The topological polar surface area (TPSA) is 75.7 Å². The fraction of sp³-hybridized carbons (Fsp3) is 0.278. The predicted octanol–water partition coefficient (Wildman–Crippen LogP) is 2.07. The van der Waals surface area contributed by atoms with Gasteiger partial charge < -0.3 is 10.1 Å². The van der Waals surface area contributed by atoms with Crippen LogP contribution >= 0.6 is 0 Å². The van der Waals surface area contributed by atoms with Gasteiger partial charge in [0, 0.05) is 19.2 Å². The van der Waals surface area contributed by atoms with Crippen LogP contribution in [0.5, 0.6) is 5.75 Å². The molecule has 2 aromatic carbocycles. The molecule has 2 heterocycles. The van der Waals surface area contributed by atoms with Crippen molar-refractivity contribution in [3.05, 3.63) is 53.1 Å². The molecule has 0 aliphatic carbocycles. The number of nitrogens with zero attached hydrogens (tertiary/aromatic N) is 1. The molecule has 4 rings (SSSR count). The van der Waals surface area contributed by atoms with E-state index in [4.69, 9.17) is 4.74 Å². The Kier molecular flexibility index (Phi) is 3.77. The summed E-state index contributed by atoms with van der Waals surface area (Å²) < 4.78 is 33.2. The SMILES string of the molecule is Cc1cc2c(cc1S(=O)(=O)N1CCc3ccccc3C1)OCC(=O)N2. The summed E-state index contributed by atoms with van der Waals surface area (Å²) in [5, 5.41) is 2.70. The lowest BCUT2D eigenvalue weighted by Crippen LogP contribution is -2.36. The molecule has 0 spiro atoms. The number of hydrogen-bond donors (Lipinski definition) is 1. The molecule has 0 fully saturated rings. The Morgan fingerprint density at radius 3 is 2.72 bits per heavy atom. The number of hydrogen-bond acceptors (Lipinski definition) is 4. The molecule has 1 N–H and O–H groups in total. The molecule has 0 aromatic heterocycles. The zero-order valence-corrected chi connectivity index (χ0v) is 14.6. The number of ether oxygens (including phenoxy) is 1. The number of aryl methyl sites for hydroxylation is 1. The summed E-state index contributed by atoms with van der Waals surface area (Å²) in [6, 6.07) is 11.1. The molecule has 25 heavy (non-hydrogen) atoms. The fourth-order valence-electron chi connectivity index (χ4n) is 3.31. The van der Waals surface area contributed by atoms with E-state index >= 15 is 0 Å². The van der Waals surface area contributed by atoms with Crippen molar-refractivity contribution in [2.24, 2.45) is 0 Å². The molecular weight excluding hydrogens is 340 g/mol. The zero-order chi connectivity index (χ0) is 17.6. The Balaban J connectivity index is 1.71. The van der Waals surface area contributed by atoms with Crippen LogP contribution in [0.4, 0.5) is 5.69 Å². The van der Waals surface area contributed by atoms with E-state index in [-0.39, 0.29) is 17.4 Å². The van der Waals surface area contributed by atoms with E-state index in [0.717, 1.165) is 5.56 Å². The largest absolute Gasteiger partial charge is 0.482 e. The highest BCUT2D eigenvalue weighted by molar-refractivity contribution is 7.89. The van der Waals surface area contributed by atoms with Gasteiger partial charge in [-0.25, -0.2) is 8.42 Å². The second kappa shape index (κ2) is 5.86. The van der Waals surface area contributed by atoms with Crippen molar-refractivity contribution in [2.75, 3.05) is 18.5 Å². The number of carbonyl (C=O) groups excluding carboxylic acids is 1. The molecular formula is C18H18N2O4S. The molecule has 2 aliphatic heterocycles. The summed E-state index contributed by atoms with van der Waals surface area (Å²) in [6.07, 6.45) is 0.700. The van der Waals surface area contributed by atoms with Crippen LogP contribution in [0.1, 0.15) is 16.7 Å². The number of fused-ring (bicyclic) bond motifs is 2. The normalized spacial score (nSPS) is 17.2. The Morgan fingerprint density at radius 1 is 1.16 bits per heavy atom. The maximum Gasteiger partial charge on any atom is 0.262 e. The lowest BCUT2D eigenvalue weighted by molar-refractivity contribution is -0.118. The number of amides is 1. The van der Waals surface area contributed by atoms with E-state index in [1.807, 2.05) is 24.3 Å². The highest BCUT2D eigenvalue weighted by Crippen LogP contribution is 2.35. The van der Waals surface area contributed by atoms with Crippen LogP contribution in [0.3, 0.4) is 0 Å². The zero-order valence-electron chi connectivity index (χ0n) is 13.8. The number of nitrogens with one attached hydrogen (secondary N) is 1. The van der Waals surface area contributed by atoms with E-state index in [0.29, 0.717) is 36.5 Å². The van der Waals surface area contributed by atoms with E-state index < -0.39 is 10.0 Å². The van der Waals surface area contributed by atoms with Crippen molar-refractivity contribution in [2.45, 2.75) is 24.8 Å². The monoisotopic (exact) mass is 358 g/mol. The average molecular weight is 358 g/mol. The van der Waals surface area contributed by atoms with Gasteiger partial charge in [0.2, 0.25) is 10.0 Å². The van der Waals surface area contributed by atoms with Crippen LogP contribution in [-0.4, -0.2) is 31.8 Å². The molecule has 0 bridgehead atoms. The van der Waals surface area contributed by atoms with E-state index in [2.05, 4.69) is 5.32 Å². The van der Waals surface area contributed by atoms with Crippen LogP contribution in [-0.2, 0) is 27.8 Å². The lowest BCUT2D eigenvalue weighted by atomic mass is 10.0. The van der Waals surface area contributed by atoms with Crippen molar-refractivity contribution in [1.29, 1.82) is 0 Å². The van der Waals surface area contributed by atoms with Crippen molar-refractivity contribution in [3.63, 3.8) is 0 Å². The van der Waals surface area contributed by atoms with Crippen LogP contribution in [0.25, 0.3) is 0 Å². The minimum Gasteiger partial charge on any atom is -0.482 e. The third kappa shape index (κ3) is 2.79. The third-order valence-electron chi connectivity index (χ3n) is 4.62. The number of rotatable bonds is 2. The Morgan fingerprint density at radius 2 is 1.92 bits per heavy atom. The highest BCUT2D eigenvalue weighted by atomic mass is 32.2. The highest BCUT2D eigenvalue weighted by Gasteiger charge is 2.31. The molecule has 6 nitrogen and oxygen atoms in total. The second-order valence-electron chi connectivity index (χ2n) is 6.31. The molecule has 1 amide bonds. The first kappa shape index (κ1) is 16.1. The fourth-order valence-corrected chi connectivity index (χ4v) is 4.95. The van der Waals surface area contributed by atoms with Gasteiger partial charge in [-0.3, -0.25) is 4.79 Å². The smallest absolute Gasteiger partial charge is 0.262 e. The van der Waals surface area contributed by atoms with Gasteiger partial charge in [-0.1, -0.05) is 24.3 Å². The molecule has 0 saturated heterocycles. The van der Waals surface area contributed by atoms with Gasteiger partial charge in [0.05, 0.1) is 10.6 Å². The maximum atomic E-state index is 13.2. The number of sulfonamides is 1. The van der Waals surface area contributed by atoms with Crippen molar-refractivity contribution in [1.82, 2.24) is 4.31 Å². The van der Waals surface area contributed by atoms with Gasteiger partial charge in [0.15, 0.2) is 6.61 Å². The minimum absolute atomic E-state index is 0.105. The van der Waals surface area contributed by atoms with Gasteiger partial charge >= 0.3 is 0 Å². The van der Waals surface area contributed by atoms with Gasteiger partial charge in [-0.2, -0.15) is 4.31 Å². The molecule has 130 valence electrons. The number of carbonyl (C=O) groups is 1. The summed E-state index contributed by atoms with van der Waals surface area (Å²) in [5.74, 6) is 0.149. The summed E-state index contributed by atoms with van der Waals surface area (Å²) in [4.78, 5) is 11.6. The van der Waals surface area contributed by atoms with Crippen LogP contribution in [0.15, 0.2) is 41.3 Å². The molecule has 0 unspecified atom stereocenters. The van der Waals surface area contributed by atoms with E-state index in [9.17, 15) is 13.2 Å². The second-order valence-corrected chi connectivity index (χ2v) is 8.21. The Bertz CT molecular complexity index is 969. The molecule has 0 saturated carbocycles. The van der Waals surface area contributed by atoms with Crippen LogP contribution in [0.2, 0.25) is 0 Å². The average Bonchev–Trinajstić information content (AvgIpc) is 2.60. The number of benzene rings is 2.